The van der Waals surface area contributed by atoms with Gasteiger partial charge in [0.15, 0.2) is 0 Å². The van der Waals surface area contributed by atoms with Crippen LogP contribution in [-0.4, -0.2) is 34.6 Å². The summed E-state index contributed by atoms with van der Waals surface area (Å²) in [5, 5.41) is 0. The van der Waals surface area contributed by atoms with E-state index >= 15 is 0 Å². The zero-order chi connectivity index (χ0) is 12.5. The number of aromatic nitrogens is 2. The number of rotatable bonds is 2. The molecule has 0 aromatic carbocycles. The molecular weight excluding hydrogens is 222 g/mol. The van der Waals surface area contributed by atoms with E-state index < -0.39 is 0 Å². The average Bonchev–Trinajstić information content (AvgIpc) is 2.74. The molecule has 2 unspecified atom stereocenters. The molecule has 1 saturated heterocycles. The Hall–Kier alpha value is -0.830. The van der Waals surface area contributed by atoms with Crippen LogP contribution in [0.4, 0.5) is 0 Å². The largest absolute Gasteiger partial charge is 0.332 e. The van der Waals surface area contributed by atoms with Crippen LogP contribution in [0.25, 0.3) is 0 Å². The van der Waals surface area contributed by atoms with Crippen molar-refractivity contribution in [2.45, 2.75) is 51.5 Å². The first kappa shape index (κ1) is 12.2. The molecule has 3 heterocycles. The zero-order valence-corrected chi connectivity index (χ0v) is 11.7. The Morgan fingerprint density at radius 1 is 1.28 bits per heavy atom. The highest BCUT2D eigenvalue weighted by Gasteiger charge is 2.23. The van der Waals surface area contributed by atoms with Crippen molar-refractivity contribution in [3.05, 3.63) is 17.7 Å². The maximum atomic E-state index is 4.71. The Labute approximate surface area is 110 Å². The van der Waals surface area contributed by atoms with E-state index in [4.69, 9.17) is 4.98 Å². The van der Waals surface area contributed by atoms with E-state index in [2.05, 4.69) is 29.6 Å². The number of fused-ring (bicyclic) bond motifs is 1. The van der Waals surface area contributed by atoms with Gasteiger partial charge in [-0.25, -0.2) is 4.98 Å². The van der Waals surface area contributed by atoms with Gasteiger partial charge in [0.25, 0.3) is 0 Å². The molecule has 0 N–H and O–H groups in total. The van der Waals surface area contributed by atoms with Crippen LogP contribution in [0.15, 0.2) is 6.20 Å². The molecule has 0 amide bonds. The van der Waals surface area contributed by atoms with Gasteiger partial charge in [-0.3, -0.25) is 0 Å². The number of likely N-dealkylation sites (tertiary alicyclic amines) is 1. The molecule has 0 bridgehead atoms. The minimum Gasteiger partial charge on any atom is -0.332 e. The summed E-state index contributed by atoms with van der Waals surface area (Å²) < 4.78 is 2.50. The average molecular weight is 247 g/mol. The summed E-state index contributed by atoms with van der Waals surface area (Å²) in [7, 11) is 2.25. The lowest BCUT2D eigenvalue weighted by molar-refractivity contribution is 0.206. The molecule has 100 valence electrons. The Morgan fingerprint density at radius 2 is 2.11 bits per heavy atom. The third-order valence-corrected chi connectivity index (χ3v) is 4.69. The SMILES string of the molecule is CC1CCCn2c1cnc2CC1CCCN(C)C1. The maximum absolute atomic E-state index is 4.71. The van der Waals surface area contributed by atoms with Crippen LogP contribution in [0.1, 0.15) is 50.0 Å². The molecule has 2 aliphatic heterocycles. The van der Waals surface area contributed by atoms with E-state index in [1.54, 1.807) is 0 Å². The van der Waals surface area contributed by atoms with E-state index in [-0.39, 0.29) is 0 Å². The van der Waals surface area contributed by atoms with Crippen molar-refractivity contribution in [2.75, 3.05) is 20.1 Å². The van der Waals surface area contributed by atoms with Gasteiger partial charge in [0.2, 0.25) is 0 Å². The highest BCUT2D eigenvalue weighted by atomic mass is 15.1. The lowest BCUT2D eigenvalue weighted by atomic mass is 9.94. The van der Waals surface area contributed by atoms with Crippen LogP contribution >= 0.6 is 0 Å². The van der Waals surface area contributed by atoms with E-state index in [0.29, 0.717) is 5.92 Å². The van der Waals surface area contributed by atoms with E-state index in [1.165, 1.54) is 63.3 Å². The smallest absolute Gasteiger partial charge is 0.109 e. The molecule has 0 radical (unpaired) electrons. The second kappa shape index (κ2) is 5.04. The molecule has 18 heavy (non-hydrogen) atoms. The zero-order valence-electron chi connectivity index (χ0n) is 11.7. The molecule has 1 aromatic heterocycles. The van der Waals surface area contributed by atoms with Crippen molar-refractivity contribution < 1.29 is 0 Å². The molecule has 0 spiro atoms. The topological polar surface area (TPSA) is 21.1 Å². The van der Waals surface area contributed by atoms with Crippen LogP contribution in [0.2, 0.25) is 0 Å². The van der Waals surface area contributed by atoms with Crippen LogP contribution in [0.5, 0.6) is 0 Å². The van der Waals surface area contributed by atoms with Crippen molar-refractivity contribution in [1.29, 1.82) is 0 Å². The summed E-state index contributed by atoms with van der Waals surface area (Å²) >= 11 is 0. The second-order valence-electron chi connectivity index (χ2n) is 6.27. The summed E-state index contributed by atoms with van der Waals surface area (Å²) in [6, 6.07) is 0. The first-order chi connectivity index (χ1) is 8.74. The summed E-state index contributed by atoms with van der Waals surface area (Å²) in [4.78, 5) is 7.18. The number of hydrogen-bond acceptors (Lipinski definition) is 2. The first-order valence-electron chi connectivity index (χ1n) is 7.47. The fourth-order valence-corrected chi connectivity index (χ4v) is 3.64. The van der Waals surface area contributed by atoms with Gasteiger partial charge < -0.3 is 9.47 Å². The van der Waals surface area contributed by atoms with Crippen LogP contribution in [0.3, 0.4) is 0 Å². The summed E-state index contributed by atoms with van der Waals surface area (Å²) in [6.07, 6.45) is 8.69. The predicted molar refractivity (Wildman–Crippen MR) is 73.8 cm³/mol. The molecule has 2 aliphatic rings. The molecule has 3 nitrogen and oxygen atoms in total. The van der Waals surface area contributed by atoms with Crippen molar-refractivity contribution in [3.63, 3.8) is 0 Å². The molecule has 3 rings (SSSR count). The van der Waals surface area contributed by atoms with E-state index in [0.717, 1.165) is 5.92 Å². The highest BCUT2D eigenvalue weighted by Crippen LogP contribution is 2.29. The molecule has 1 aromatic rings. The van der Waals surface area contributed by atoms with Crippen molar-refractivity contribution in [2.24, 2.45) is 5.92 Å². The van der Waals surface area contributed by atoms with Gasteiger partial charge in [-0.1, -0.05) is 6.92 Å². The lowest BCUT2D eigenvalue weighted by Gasteiger charge is -2.30. The van der Waals surface area contributed by atoms with Gasteiger partial charge in [0.05, 0.1) is 0 Å². The van der Waals surface area contributed by atoms with Crippen molar-refractivity contribution >= 4 is 0 Å². The van der Waals surface area contributed by atoms with E-state index in [1.807, 2.05) is 0 Å². The molecular formula is C15H25N3. The van der Waals surface area contributed by atoms with Gasteiger partial charge >= 0.3 is 0 Å². The van der Waals surface area contributed by atoms with Gasteiger partial charge in [0, 0.05) is 31.4 Å². The summed E-state index contributed by atoms with van der Waals surface area (Å²) in [6.45, 7) is 6.05. The Balaban J connectivity index is 1.73. The standard InChI is InChI=1S/C15H25N3/c1-12-5-3-8-18-14(12)10-16-15(18)9-13-6-4-7-17(2)11-13/h10,12-13H,3-9,11H2,1-2H3. The monoisotopic (exact) mass is 247 g/mol. The first-order valence-corrected chi connectivity index (χ1v) is 7.47. The predicted octanol–water partition coefficient (Wildman–Crippen LogP) is 2.66. The Bertz CT molecular complexity index is 410. The molecule has 0 aliphatic carbocycles. The third-order valence-electron chi connectivity index (χ3n) is 4.69. The van der Waals surface area contributed by atoms with E-state index in [9.17, 15) is 0 Å². The molecule has 2 atom stereocenters. The van der Waals surface area contributed by atoms with Crippen molar-refractivity contribution in [1.82, 2.24) is 14.5 Å². The normalized spacial score (nSPS) is 29.2. The Morgan fingerprint density at radius 3 is 2.94 bits per heavy atom. The molecule has 3 heteroatoms. The number of hydrogen-bond donors (Lipinski definition) is 0. The number of piperidine rings is 1. The minimum absolute atomic E-state index is 0.703. The fourth-order valence-electron chi connectivity index (χ4n) is 3.64. The quantitative estimate of drug-likeness (QED) is 0.801. The van der Waals surface area contributed by atoms with Crippen molar-refractivity contribution in [3.8, 4) is 0 Å². The molecule has 1 fully saturated rings. The van der Waals surface area contributed by atoms with Crippen LogP contribution < -0.4 is 0 Å². The summed E-state index contributed by atoms with van der Waals surface area (Å²) in [5.74, 6) is 2.86. The third kappa shape index (κ3) is 2.33. The van der Waals surface area contributed by atoms with Crippen LogP contribution in [0, 0.1) is 5.92 Å². The molecule has 0 saturated carbocycles. The number of nitrogens with zero attached hydrogens (tertiary/aromatic N) is 3. The summed E-state index contributed by atoms with van der Waals surface area (Å²) in [5.41, 5.74) is 1.47. The van der Waals surface area contributed by atoms with Gasteiger partial charge in [-0.15, -0.1) is 0 Å². The minimum atomic E-state index is 0.703. The van der Waals surface area contributed by atoms with Gasteiger partial charge in [-0.05, 0) is 51.1 Å². The Kier molecular flexibility index (Phi) is 3.42. The maximum Gasteiger partial charge on any atom is 0.109 e. The van der Waals surface area contributed by atoms with Gasteiger partial charge in [0.1, 0.15) is 5.82 Å². The number of imidazole rings is 1. The van der Waals surface area contributed by atoms with Crippen LogP contribution in [-0.2, 0) is 13.0 Å². The lowest BCUT2D eigenvalue weighted by Crippen LogP contribution is -2.33. The fraction of sp³-hybridized carbons (Fsp3) is 0.800. The van der Waals surface area contributed by atoms with Gasteiger partial charge in [-0.2, -0.15) is 0 Å². The highest BCUT2D eigenvalue weighted by molar-refractivity contribution is 5.13. The second-order valence-corrected chi connectivity index (χ2v) is 6.27.